The van der Waals surface area contributed by atoms with E-state index in [0.717, 1.165) is 6.08 Å². The van der Waals surface area contributed by atoms with Crippen LogP contribution in [0.15, 0.2) is 47.8 Å². The fourth-order valence-electron chi connectivity index (χ4n) is 2.26. The quantitative estimate of drug-likeness (QED) is 0.234. The largest absolute Gasteiger partial charge is 0.573 e. The number of benzene rings is 2. The van der Waals surface area contributed by atoms with Crippen LogP contribution >= 0.6 is 34.8 Å². The van der Waals surface area contributed by atoms with Crippen LogP contribution in [0.1, 0.15) is 12.8 Å². The van der Waals surface area contributed by atoms with Crippen molar-refractivity contribution in [2.75, 3.05) is 19.8 Å². The lowest BCUT2D eigenvalue weighted by molar-refractivity contribution is -0.274. The predicted molar refractivity (Wildman–Crippen MR) is 110 cm³/mol. The molecule has 2 aromatic rings. The molecular weight excluding hydrogens is 487 g/mol. The van der Waals surface area contributed by atoms with Gasteiger partial charge in [0.05, 0.1) is 23.3 Å². The summed E-state index contributed by atoms with van der Waals surface area (Å²) in [4.78, 5) is 0. The number of halogens is 7. The Morgan fingerprint density at radius 3 is 1.94 bits per heavy atom. The molecule has 0 saturated heterocycles. The van der Waals surface area contributed by atoms with E-state index in [1.807, 2.05) is 0 Å². The van der Waals surface area contributed by atoms with Gasteiger partial charge in [-0.2, -0.15) is 4.39 Å². The molecule has 2 rings (SSSR count). The lowest BCUT2D eigenvalue weighted by atomic mass is 10.3. The Balaban J connectivity index is 1.71. The number of rotatable bonds is 11. The highest BCUT2D eigenvalue weighted by atomic mass is 35.5. The minimum Gasteiger partial charge on any atom is -0.494 e. The maximum Gasteiger partial charge on any atom is 0.573 e. The fraction of sp³-hybridized carbons (Fsp3) is 0.300. The zero-order valence-corrected chi connectivity index (χ0v) is 18.1. The second-order valence-corrected chi connectivity index (χ2v) is 7.12. The van der Waals surface area contributed by atoms with E-state index >= 15 is 0 Å². The van der Waals surface area contributed by atoms with Crippen LogP contribution < -0.4 is 18.9 Å². The SMILES string of the molecule is FC(Cl)=CCOc1cc(Cl)c(OCCCCOc2ccc(OC(F)(F)F)cc2)c(Cl)c1. The van der Waals surface area contributed by atoms with Crippen molar-refractivity contribution in [3.63, 3.8) is 0 Å². The van der Waals surface area contributed by atoms with Crippen LogP contribution in [-0.2, 0) is 0 Å². The molecule has 0 amide bonds. The average molecular weight is 504 g/mol. The van der Waals surface area contributed by atoms with Gasteiger partial charge in [-0.3, -0.25) is 0 Å². The third-order valence-electron chi connectivity index (χ3n) is 3.57. The van der Waals surface area contributed by atoms with Gasteiger partial charge in [-0.05, 0) is 37.1 Å². The second-order valence-electron chi connectivity index (χ2n) is 5.94. The minimum atomic E-state index is -4.73. The maximum atomic E-state index is 12.4. The van der Waals surface area contributed by atoms with Crippen molar-refractivity contribution in [1.82, 2.24) is 0 Å². The van der Waals surface area contributed by atoms with Crippen molar-refractivity contribution in [2.45, 2.75) is 19.2 Å². The summed E-state index contributed by atoms with van der Waals surface area (Å²) in [6, 6.07) is 8.09. The van der Waals surface area contributed by atoms with E-state index in [2.05, 4.69) is 4.74 Å². The Kier molecular flexibility index (Phi) is 9.87. The lowest BCUT2D eigenvalue weighted by Crippen LogP contribution is -2.16. The first-order valence-electron chi connectivity index (χ1n) is 8.88. The molecule has 0 heterocycles. The number of unbranched alkanes of at least 4 members (excludes halogenated alkanes) is 1. The van der Waals surface area contributed by atoms with Gasteiger partial charge in [0.25, 0.3) is 0 Å². The second kappa shape index (κ2) is 12.1. The van der Waals surface area contributed by atoms with Crippen molar-refractivity contribution in [3.8, 4) is 23.0 Å². The Morgan fingerprint density at radius 2 is 1.39 bits per heavy atom. The van der Waals surface area contributed by atoms with Gasteiger partial charge in [-0.1, -0.05) is 34.8 Å². The topological polar surface area (TPSA) is 36.9 Å². The average Bonchev–Trinajstić information content (AvgIpc) is 2.66. The van der Waals surface area contributed by atoms with Gasteiger partial charge >= 0.3 is 6.36 Å². The van der Waals surface area contributed by atoms with E-state index in [1.165, 1.54) is 36.4 Å². The molecule has 0 unspecified atom stereocenters. The summed E-state index contributed by atoms with van der Waals surface area (Å²) in [6.45, 7) is 0.559. The molecule has 170 valence electrons. The summed E-state index contributed by atoms with van der Waals surface area (Å²) in [5, 5.41) is -0.418. The predicted octanol–water partition coefficient (Wildman–Crippen LogP) is 7.56. The van der Waals surface area contributed by atoms with Crippen LogP contribution in [0.25, 0.3) is 0 Å². The standard InChI is InChI=1S/C20H17Cl3F4O4/c21-16-11-15(29-10-7-18(23)24)12-17(22)19(16)30-9-2-1-8-28-13-3-5-14(6-4-13)31-20(25,26)27/h3-7,11-12H,1-2,8-10H2. The Morgan fingerprint density at radius 1 is 0.839 bits per heavy atom. The van der Waals surface area contributed by atoms with Crippen molar-refractivity contribution < 1.29 is 36.5 Å². The first kappa shape index (κ1) is 25.2. The van der Waals surface area contributed by atoms with E-state index in [9.17, 15) is 17.6 Å². The molecule has 2 aromatic carbocycles. The van der Waals surface area contributed by atoms with E-state index in [0.29, 0.717) is 37.6 Å². The van der Waals surface area contributed by atoms with Gasteiger partial charge in [-0.15, -0.1) is 13.2 Å². The van der Waals surface area contributed by atoms with Crippen LogP contribution in [0.2, 0.25) is 10.0 Å². The van der Waals surface area contributed by atoms with Crippen molar-refractivity contribution in [1.29, 1.82) is 0 Å². The molecule has 0 radical (unpaired) electrons. The first-order valence-corrected chi connectivity index (χ1v) is 10.0. The summed E-state index contributed by atoms with van der Waals surface area (Å²) in [6.07, 6.45) is -2.46. The van der Waals surface area contributed by atoms with E-state index in [4.69, 9.17) is 49.0 Å². The molecule has 0 saturated carbocycles. The van der Waals surface area contributed by atoms with Crippen LogP contribution in [0.5, 0.6) is 23.0 Å². The molecule has 11 heteroatoms. The summed E-state index contributed by atoms with van der Waals surface area (Å²) in [7, 11) is 0. The molecule has 0 aliphatic rings. The zero-order chi connectivity index (χ0) is 22.9. The number of hydrogen-bond donors (Lipinski definition) is 0. The van der Waals surface area contributed by atoms with Crippen molar-refractivity contribution in [3.05, 3.63) is 57.8 Å². The van der Waals surface area contributed by atoms with Crippen LogP contribution in [0.4, 0.5) is 17.6 Å². The molecule has 0 aromatic heterocycles. The maximum absolute atomic E-state index is 12.4. The molecule has 0 aliphatic carbocycles. The molecule has 31 heavy (non-hydrogen) atoms. The number of alkyl halides is 3. The monoisotopic (exact) mass is 502 g/mol. The van der Waals surface area contributed by atoms with Gasteiger partial charge < -0.3 is 18.9 Å². The van der Waals surface area contributed by atoms with Gasteiger partial charge in [0.15, 0.2) is 11.0 Å². The van der Waals surface area contributed by atoms with Gasteiger partial charge in [0.2, 0.25) is 0 Å². The summed E-state index contributed by atoms with van der Waals surface area (Å²) < 4.78 is 68.9. The zero-order valence-electron chi connectivity index (χ0n) is 15.9. The highest BCUT2D eigenvalue weighted by molar-refractivity contribution is 6.37. The first-order chi connectivity index (χ1) is 14.6. The highest BCUT2D eigenvalue weighted by Gasteiger charge is 2.30. The molecular formula is C20H17Cl3F4O4. The lowest BCUT2D eigenvalue weighted by Gasteiger charge is -2.12. The normalized spacial score (nSPS) is 11.9. The summed E-state index contributed by atoms with van der Waals surface area (Å²) >= 11 is 17.4. The molecule has 0 atom stereocenters. The highest BCUT2D eigenvalue weighted by Crippen LogP contribution is 2.37. The van der Waals surface area contributed by atoms with E-state index in [1.54, 1.807) is 0 Å². The Hall–Kier alpha value is -2.03. The van der Waals surface area contributed by atoms with Crippen LogP contribution in [-0.4, -0.2) is 26.2 Å². The summed E-state index contributed by atoms with van der Waals surface area (Å²) in [5.74, 6) is 0.717. The van der Waals surface area contributed by atoms with Crippen molar-refractivity contribution in [2.24, 2.45) is 0 Å². The van der Waals surface area contributed by atoms with Gasteiger partial charge in [0, 0.05) is 18.2 Å². The third-order valence-corrected chi connectivity index (χ3v) is 4.29. The molecule has 0 aliphatic heterocycles. The third kappa shape index (κ3) is 9.76. The molecule has 0 fully saturated rings. The van der Waals surface area contributed by atoms with E-state index < -0.39 is 11.6 Å². The number of hydrogen-bond acceptors (Lipinski definition) is 4. The fourth-order valence-corrected chi connectivity index (χ4v) is 2.90. The Labute approximate surface area is 191 Å². The minimum absolute atomic E-state index is 0.0831. The smallest absolute Gasteiger partial charge is 0.494 e. The molecule has 0 N–H and O–H groups in total. The molecule has 0 spiro atoms. The van der Waals surface area contributed by atoms with Gasteiger partial charge in [-0.25, -0.2) is 0 Å². The van der Waals surface area contributed by atoms with Gasteiger partial charge in [0.1, 0.15) is 23.9 Å². The van der Waals surface area contributed by atoms with Crippen molar-refractivity contribution >= 4 is 34.8 Å². The summed E-state index contributed by atoms with van der Waals surface area (Å²) in [5.41, 5.74) is 0. The molecule has 4 nitrogen and oxygen atoms in total. The number of ether oxygens (including phenoxy) is 4. The van der Waals surface area contributed by atoms with E-state index in [-0.39, 0.29) is 28.2 Å². The van der Waals surface area contributed by atoms with Crippen LogP contribution in [0, 0.1) is 0 Å². The Bertz CT molecular complexity index is 847. The van der Waals surface area contributed by atoms with Crippen LogP contribution in [0.3, 0.4) is 0 Å². The molecule has 0 bridgehead atoms.